The molecule has 1 heterocycles. The third-order valence-electron chi connectivity index (χ3n) is 6.61. The number of piperazine rings is 1. The van der Waals surface area contributed by atoms with Crippen molar-refractivity contribution in [3.63, 3.8) is 0 Å². The molecule has 0 saturated carbocycles. The molecule has 2 unspecified atom stereocenters. The summed E-state index contributed by atoms with van der Waals surface area (Å²) in [6.45, 7) is 6.29. The number of ether oxygens (including phenoxy) is 1. The molecule has 0 radical (unpaired) electrons. The Morgan fingerprint density at radius 3 is 2.18 bits per heavy atom. The Kier molecular flexibility index (Phi) is 7.50. The number of aliphatic hydroxyl groups is 1. The number of hydrogen-bond acceptors (Lipinski definition) is 4. The first-order valence-electron chi connectivity index (χ1n) is 11.2. The molecular weight excluding hydrogens is 455 g/mol. The van der Waals surface area contributed by atoms with E-state index in [1.165, 1.54) is 0 Å². The first kappa shape index (κ1) is 23.9. The average molecular weight is 485 g/mol. The van der Waals surface area contributed by atoms with Gasteiger partial charge in [-0.15, -0.1) is 0 Å². The van der Waals surface area contributed by atoms with Crippen molar-refractivity contribution in [2.45, 2.75) is 18.4 Å². The third kappa shape index (κ3) is 5.64. The van der Waals surface area contributed by atoms with E-state index in [1.807, 2.05) is 73.7 Å². The SMILES string of the molecule is COc1ccc(C(C)(O)C(CN2CCN(c3cccc(Cl)c3)CC2)c2ccc(Cl)cc2)cc1. The molecule has 1 aliphatic rings. The summed E-state index contributed by atoms with van der Waals surface area (Å²) in [7, 11) is 1.65. The van der Waals surface area contributed by atoms with Gasteiger partial charge in [0.05, 0.1) is 12.7 Å². The smallest absolute Gasteiger partial charge is 0.118 e. The zero-order chi connectivity index (χ0) is 23.4. The summed E-state index contributed by atoms with van der Waals surface area (Å²) in [4.78, 5) is 4.79. The largest absolute Gasteiger partial charge is 0.497 e. The highest BCUT2D eigenvalue weighted by Crippen LogP contribution is 2.38. The summed E-state index contributed by atoms with van der Waals surface area (Å²) in [5.41, 5.74) is 2.02. The van der Waals surface area contributed by atoms with Crippen LogP contribution < -0.4 is 9.64 Å². The molecule has 4 nitrogen and oxygen atoms in total. The standard InChI is InChI=1S/C27H30Cl2N2O2/c1-27(32,21-8-12-25(33-2)13-9-21)26(20-6-10-22(28)11-7-20)19-30-14-16-31(17-15-30)24-5-3-4-23(29)18-24/h3-13,18,26,32H,14-17,19H2,1-2H3. The van der Waals surface area contributed by atoms with Gasteiger partial charge in [-0.05, 0) is 60.5 Å². The van der Waals surface area contributed by atoms with Gasteiger partial charge in [-0.1, -0.05) is 53.5 Å². The van der Waals surface area contributed by atoms with Crippen LogP contribution in [0.15, 0.2) is 72.8 Å². The van der Waals surface area contributed by atoms with Gasteiger partial charge in [0.15, 0.2) is 0 Å². The maximum atomic E-state index is 11.8. The fourth-order valence-corrected chi connectivity index (χ4v) is 4.86. The number of rotatable bonds is 7. The van der Waals surface area contributed by atoms with Crippen molar-refractivity contribution in [2.75, 3.05) is 44.7 Å². The maximum absolute atomic E-state index is 11.8. The molecule has 0 amide bonds. The minimum atomic E-state index is -1.07. The number of anilines is 1. The zero-order valence-corrected chi connectivity index (χ0v) is 20.6. The second-order valence-electron chi connectivity index (χ2n) is 8.75. The van der Waals surface area contributed by atoms with E-state index in [9.17, 15) is 5.11 Å². The minimum absolute atomic E-state index is 0.124. The first-order chi connectivity index (χ1) is 15.9. The number of benzene rings is 3. The molecule has 1 fully saturated rings. The van der Waals surface area contributed by atoms with E-state index in [0.29, 0.717) is 5.02 Å². The van der Waals surface area contributed by atoms with Gasteiger partial charge in [0, 0.05) is 54.4 Å². The fourth-order valence-electron chi connectivity index (χ4n) is 4.55. The highest BCUT2D eigenvalue weighted by molar-refractivity contribution is 6.31. The highest BCUT2D eigenvalue weighted by Gasteiger charge is 2.36. The molecule has 33 heavy (non-hydrogen) atoms. The van der Waals surface area contributed by atoms with Crippen LogP contribution in [-0.2, 0) is 5.60 Å². The lowest BCUT2D eigenvalue weighted by Gasteiger charge is -2.41. The number of methoxy groups -OCH3 is 1. The monoisotopic (exact) mass is 484 g/mol. The molecule has 3 aromatic rings. The normalized spacial score (nSPS) is 17.4. The van der Waals surface area contributed by atoms with Crippen LogP contribution in [0.2, 0.25) is 10.0 Å². The second-order valence-corrected chi connectivity index (χ2v) is 9.62. The van der Waals surface area contributed by atoms with E-state index in [2.05, 4.69) is 15.9 Å². The lowest BCUT2D eigenvalue weighted by atomic mass is 9.78. The van der Waals surface area contributed by atoms with Gasteiger partial charge in [-0.25, -0.2) is 0 Å². The van der Waals surface area contributed by atoms with E-state index < -0.39 is 5.60 Å². The molecule has 2 atom stereocenters. The fraction of sp³-hybridized carbons (Fsp3) is 0.333. The Morgan fingerprint density at radius 1 is 0.909 bits per heavy atom. The predicted octanol–water partition coefficient (Wildman–Crippen LogP) is 5.82. The Balaban J connectivity index is 1.53. The molecule has 6 heteroatoms. The predicted molar refractivity (Wildman–Crippen MR) is 137 cm³/mol. The van der Waals surface area contributed by atoms with Crippen LogP contribution in [0.1, 0.15) is 24.0 Å². The molecular formula is C27H30Cl2N2O2. The van der Waals surface area contributed by atoms with E-state index in [4.69, 9.17) is 27.9 Å². The quantitative estimate of drug-likeness (QED) is 0.458. The third-order valence-corrected chi connectivity index (χ3v) is 7.10. The van der Waals surface area contributed by atoms with Gasteiger partial charge in [-0.2, -0.15) is 0 Å². The molecule has 4 rings (SSSR count). The molecule has 0 spiro atoms. The van der Waals surface area contributed by atoms with Crippen LogP contribution in [0, 0.1) is 0 Å². The van der Waals surface area contributed by atoms with E-state index in [-0.39, 0.29) is 5.92 Å². The number of halogens is 2. The number of nitrogens with zero attached hydrogens (tertiary/aromatic N) is 2. The Morgan fingerprint density at radius 2 is 1.58 bits per heavy atom. The van der Waals surface area contributed by atoms with E-state index in [0.717, 1.165) is 60.3 Å². The topological polar surface area (TPSA) is 35.9 Å². The van der Waals surface area contributed by atoms with Crippen LogP contribution in [0.4, 0.5) is 5.69 Å². The van der Waals surface area contributed by atoms with Crippen molar-refractivity contribution >= 4 is 28.9 Å². The summed E-state index contributed by atoms with van der Waals surface area (Å²) in [5.74, 6) is 0.649. The molecule has 3 aromatic carbocycles. The van der Waals surface area contributed by atoms with Crippen molar-refractivity contribution < 1.29 is 9.84 Å². The van der Waals surface area contributed by atoms with Gasteiger partial charge >= 0.3 is 0 Å². The van der Waals surface area contributed by atoms with Crippen LogP contribution in [0.25, 0.3) is 0 Å². The van der Waals surface area contributed by atoms with Gasteiger partial charge in [-0.3, -0.25) is 4.90 Å². The lowest BCUT2D eigenvalue weighted by Crippen LogP contribution is -2.49. The molecule has 1 aliphatic heterocycles. The summed E-state index contributed by atoms with van der Waals surface area (Å²) in [6, 6.07) is 23.5. The summed E-state index contributed by atoms with van der Waals surface area (Å²) in [6.07, 6.45) is 0. The molecule has 0 aromatic heterocycles. The Labute approximate surface area is 206 Å². The van der Waals surface area contributed by atoms with Crippen LogP contribution in [0.5, 0.6) is 5.75 Å². The van der Waals surface area contributed by atoms with Crippen molar-refractivity contribution in [3.8, 4) is 5.75 Å². The van der Waals surface area contributed by atoms with Gasteiger partial charge in [0.2, 0.25) is 0 Å². The Bertz CT molecular complexity index is 1050. The van der Waals surface area contributed by atoms with Crippen LogP contribution in [0.3, 0.4) is 0 Å². The minimum Gasteiger partial charge on any atom is -0.497 e. The number of hydrogen-bond donors (Lipinski definition) is 1. The molecule has 0 aliphatic carbocycles. The van der Waals surface area contributed by atoms with E-state index in [1.54, 1.807) is 7.11 Å². The highest BCUT2D eigenvalue weighted by atomic mass is 35.5. The van der Waals surface area contributed by atoms with Crippen molar-refractivity contribution in [1.82, 2.24) is 4.90 Å². The van der Waals surface area contributed by atoms with Crippen molar-refractivity contribution in [2.24, 2.45) is 0 Å². The van der Waals surface area contributed by atoms with Gasteiger partial charge in [0.25, 0.3) is 0 Å². The van der Waals surface area contributed by atoms with Crippen LogP contribution >= 0.6 is 23.2 Å². The first-order valence-corrected chi connectivity index (χ1v) is 12.0. The molecule has 1 N–H and O–H groups in total. The van der Waals surface area contributed by atoms with Crippen molar-refractivity contribution in [1.29, 1.82) is 0 Å². The summed E-state index contributed by atoms with van der Waals surface area (Å²) < 4.78 is 5.30. The summed E-state index contributed by atoms with van der Waals surface area (Å²) in [5, 5.41) is 13.2. The van der Waals surface area contributed by atoms with Crippen LogP contribution in [-0.4, -0.2) is 49.8 Å². The van der Waals surface area contributed by atoms with Gasteiger partial charge < -0.3 is 14.7 Å². The molecule has 174 valence electrons. The lowest BCUT2D eigenvalue weighted by molar-refractivity contribution is 0.0122. The van der Waals surface area contributed by atoms with Crippen molar-refractivity contribution in [3.05, 3.63) is 94.0 Å². The average Bonchev–Trinajstić information content (AvgIpc) is 2.83. The zero-order valence-electron chi connectivity index (χ0n) is 19.0. The van der Waals surface area contributed by atoms with E-state index >= 15 is 0 Å². The van der Waals surface area contributed by atoms with Gasteiger partial charge in [0.1, 0.15) is 5.75 Å². The summed E-state index contributed by atoms with van der Waals surface area (Å²) >= 11 is 12.3. The maximum Gasteiger partial charge on any atom is 0.118 e. The molecule has 1 saturated heterocycles. The Hall–Kier alpha value is -2.24. The second kappa shape index (κ2) is 10.4. The molecule has 0 bridgehead atoms.